The number of ether oxygens (including phenoxy) is 1. The third-order valence-corrected chi connectivity index (χ3v) is 6.40. The highest BCUT2D eigenvalue weighted by atomic mass is 19.3. The van der Waals surface area contributed by atoms with Crippen LogP contribution in [0.25, 0.3) is 0 Å². The van der Waals surface area contributed by atoms with Crippen molar-refractivity contribution in [1.82, 2.24) is 9.78 Å². The van der Waals surface area contributed by atoms with Crippen molar-refractivity contribution in [2.75, 3.05) is 23.9 Å². The van der Waals surface area contributed by atoms with Crippen LogP contribution in [-0.4, -0.2) is 35.2 Å². The van der Waals surface area contributed by atoms with Crippen LogP contribution in [0.4, 0.5) is 24.5 Å². The summed E-state index contributed by atoms with van der Waals surface area (Å²) < 4.78 is 49.6. The van der Waals surface area contributed by atoms with Gasteiger partial charge in [-0.2, -0.15) is 19.1 Å². The van der Waals surface area contributed by atoms with Crippen molar-refractivity contribution in [3.05, 3.63) is 107 Å². The Kier molecular flexibility index (Phi) is 6.54. The highest BCUT2D eigenvalue weighted by Crippen LogP contribution is 2.37. The Hall–Kier alpha value is -5.11. The zero-order chi connectivity index (χ0) is 27.7. The summed E-state index contributed by atoms with van der Waals surface area (Å²) in [6.45, 7) is 0.546. The third kappa shape index (κ3) is 4.68. The van der Waals surface area contributed by atoms with Crippen LogP contribution in [0.3, 0.4) is 0 Å². The molecule has 196 valence electrons. The van der Waals surface area contributed by atoms with Gasteiger partial charge in [0.25, 0.3) is 17.7 Å². The SMILES string of the molecule is COc1ccc(C(=O)Nc2cnn3c2C(=O)N(c2ccc(C(F)(F)c4ccc(F)cc4)cc2)CC3)cc1C#N. The second-order valence-corrected chi connectivity index (χ2v) is 8.70. The van der Waals surface area contributed by atoms with Crippen LogP contribution in [-0.2, 0) is 12.5 Å². The summed E-state index contributed by atoms with van der Waals surface area (Å²) in [7, 11) is 1.41. The minimum absolute atomic E-state index is 0.129. The number of nitrogens with zero attached hydrogens (tertiary/aromatic N) is 4. The number of methoxy groups -OCH3 is 1. The van der Waals surface area contributed by atoms with E-state index in [1.165, 1.54) is 65.4 Å². The van der Waals surface area contributed by atoms with Crippen LogP contribution in [0.1, 0.15) is 37.5 Å². The number of benzene rings is 3. The van der Waals surface area contributed by atoms with Crippen molar-refractivity contribution in [3.8, 4) is 11.8 Å². The van der Waals surface area contributed by atoms with Crippen LogP contribution in [0, 0.1) is 17.1 Å². The number of carbonyl (C=O) groups excluding carboxylic acids is 2. The molecule has 0 spiro atoms. The second-order valence-electron chi connectivity index (χ2n) is 8.70. The fourth-order valence-electron chi connectivity index (χ4n) is 4.35. The largest absolute Gasteiger partial charge is 0.495 e. The van der Waals surface area contributed by atoms with Gasteiger partial charge < -0.3 is 15.0 Å². The van der Waals surface area contributed by atoms with E-state index >= 15 is 0 Å². The minimum atomic E-state index is -3.36. The molecule has 2 amide bonds. The number of carbonyl (C=O) groups is 2. The first-order valence-electron chi connectivity index (χ1n) is 11.7. The lowest BCUT2D eigenvalue weighted by atomic mass is 10.00. The normalized spacial score (nSPS) is 13.0. The number of halogens is 3. The van der Waals surface area contributed by atoms with Crippen molar-refractivity contribution in [3.63, 3.8) is 0 Å². The first kappa shape index (κ1) is 25.5. The maximum absolute atomic E-state index is 15.0. The molecule has 0 atom stereocenters. The van der Waals surface area contributed by atoms with Gasteiger partial charge in [0.15, 0.2) is 0 Å². The number of fused-ring (bicyclic) bond motifs is 1. The maximum atomic E-state index is 15.0. The highest BCUT2D eigenvalue weighted by molar-refractivity contribution is 6.13. The van der Waals surface area contributed by atoms with Crippen molar-refractivity contribution >= 4 is 23.2 Å². The summed E-state index contributed by atoms with van der Waals surface area (Å²) >= 11 is 0. The molecule has 0 saturated heterocycles. The Morgan fingerprint density at radius 3 is 2.36 bits per heavy atom. The van der Waals surface area contributed by atoms with Gasteiger partial charge in [-0.05, 0) is 54.6 Å². The van der Waals surface area contributed by atoms with Crippen LogP contribution in [0.2, 0.25) is 0 Å². The highest BCUT2D eigenvalue weighted by Gasteiger charge is 2.35. The molecule has 0 bridgehead atoms. The van der Waals surface area contributed by atoms with E-state index in [9.17, 15) is 28.0 Å². The van der Waals surface area contributed by atoms with Crippen LogP contribution in [0.5, 0.6) is 5.75 Å². The predicted octanol–water partition coefficient (Wildman–Crippen LogP) is 4.96. The molecule has 1 aliphatic rings. The third-order valence-electron chi connectivity index (χ3n) is 6.40. The van der Waals surface area contributed by atoms with E-state index in [0.29, 0.717) is 18.0 Å². The number of nitrogens with one attached hydrogen (secondary N) is 1. The van der Waals surface area contributed by atoms with E-state index in [-0.39, 0.29) is 40.2 Å². The van der Waals surface area contributed by atoms with Crippen molar-refractivity contribution in [2.24, 2.45) is 0 Å². The lowest BCUT2D eigenvalue weighted by molar-refractivity contribution is 0.0428. The van der Waals surface area contributed by atoms with E-state index in [1.54, 1.807) is 0 Å². The molecule has 39 heavy (non-hydrogen) atoms. The number of alkyl halides is 2. The molecule has 4 aromatic rings. The smallest absolute Gasteiger partial charge is 0.298 e. The predicted molar refractivity (Wildman–Crippen MR) is 135 cm³/mol. The Morgan fingerprint density at radius 1 is 1.05 bits per heavy atom. The van der Waals surface area contributed by atoms with Crippen LogP contribution >= 0.6 is 0 Å². The van der Waals surface area contributed by atoms with Gasteiger partial charge >= 0.3 is 0 Å². The summed E-state index contributed by atoms with van der Waals surface area (Å²) in [5, 5.41) is 16.1. The zero-order valence-corrected chi connectivity index (χ0v) is 20.5. The Morgan fingerprint density at radius 2 is 1.72 bits per heavy atom. The monoisotopic (exact) mass is 531 g/mol. The molecule has 1 aliphatic heterocycles. The van der Waals surface area contributed by atoms with Crippen molar-refractivity contribution in [2.45, 2.75) is 12.5 Å². The molecule has 2 heterocycles. The molecule has 0 radical (unpaired) electrons. The molecular formula is C28H20F3N5O3. The lowest BCUT2D eigenvalue weighted by Gasteiger charge is -2.28. The van der Waals surface area contributed by atoms with Crippen molar-refractivity contribution < 1.29 is 27.5 Å². The number of aromatic nitrogens is 2. The van der Waals surface area contributed by atoms with Gasteiger partial charge in [0.2, 0.25) is 0 Å². The molecule has 0 fully saturated rings. The molecule has 1 N–H and O–H groups in total. The van der Waals surface area contributed by atoms with Gasteiger partial charge in [0, 0.05) is 28.9 Å². The Bertz CT molecular complexity index is 1610. The van der Waals surface area contributed by atoms with Gasteiger partial charge in [0.05, 0.1) is 31.1 Å². The minimum Gasteiger partial charge on any atom is -0.495 e. The lowest BCUT2D eigenvalue weighted by Crippen LogP contribution is -2.41. The molecule has 0 saturated carbocycles. The van der Waals surface area contributed by atoms with E-state index in [0.717, 1.165) is 24.3 Å². The number of nitriles is 1. The number of rotatable bonds is 6. The molecule has 11 heteroatoms. The van der Waals surface area contributed by atoms with Crippen LogP contribution in [0.15, 0.2) is 72.9 Å². The first-order valence-corrected chi connectivity index (χ1v) is 11.7. The van der Waals surface area contributed by atoms with Gasteiger partial charge in [0.1, 0.15) is 23.3 Å². The summed E-state index contributed by atoms with van der Waals surface area (Å²) in [4.78, 5) is 27.7. The average molecular weight is 531 g/mol. The number of hydrogen-bond donors (Lipinski definition) is 1. The fourth-order valence-corrected chi connectivity index (χ4v) is 4.35. The summed E-state index contributed by atoms with van der Waals surface area (Å²) in [5.74, 6) is -4.67. The molecule has 3 aromatic carbocycles. The first-order chi connectivity index (χ1) is 18.7. The topological polar surface area (TPSA) is 100 Å². The van der Waals surface area contributed by atoms with Gasteiger partial charge in [-0.1, -0.05) is 12.1 Å². The molecule has 0 aliphatic carbocycles. The quantitative estimate of drug-likeness (QED) is 0.379. The molecule has 5 rings (SSSR count). The maximum Gasteiger partial charge on any atom is 0.298 e. The molecular weight excluding hydrogens is 511 g/mol. The molecule has 8 nitrogen and oxygen atoms in total. The summed E-state index contributed by atoms with van der Waals surface area (Å²) in [6, 6.07) is 15.6. The molecule has 1 aromatic heterocycles. The number of amides is 2. The number of hydrogen-bond acceptors (Lipinski definition) is 5. The molecule has 0 unspecified atom stereocenters. The van der Waals surface area contributed by atoms with E-state index in [2.05, 4.69) is 10.4 Å². The zero-order valence-electron chi connectivity index (χ0n) is 20.5. The van der Waals surface area contributed by atoms with Crippen molar-refractivity contribution in [1.29, 1.82) is 5.26 Å². The second kappa shape index (κ2) is 9.98. The summed E-state index contributed by atoms with van der Waals surface area (Å²) in [6.07, 6.45) is 1.36. The summed E-state index contributed by atoms with van der Waals surface area (Å²) in [5.41, 5.74) is 0.387. The Labute approximate surface area is 220 Å². The Balaban J connectivity index is 1.37. The van der Waals surface area contributed by atoms with Gasteiger partial charge in [-0.25, -0.2) is 4.39 Å². The van der Waals surface area contributed by atoms with E-state index < -0.39 is 23.6 Å². The van der Waals surface area contributed by atoms with Gasteiger partial charge in [-0.15, -0.1) is 0 Å². The van der Waals surface area contributed by atoms with E-state index in [1.807, 2.05) is 6.07 Å². The van der Waals surface area contributed by atoms with E-state index in [4.69, 9.17) is 4.74 Å². The van der Waals surface area contributed by atoms with Crippen LogP contribution < -0.4 is 15.0 Å². The number of anilines is 2. The standard InChI is InChI=1S/C28H20F3N5O3/c1-39-24-11-2-17(14-18(24)15-32)26(37)34-23-16-33-36-13-12-35(27(38)25(23)36)22-9-5-20(6-10-22)28(30,31)19-3-7-21(29)8-4-19/h2-11,14,16H,12-13H2,1H3,(H,34,37). The average Bonchev–Trinajstić information content (AvgIpc) is 3.36. The fraction of sp³-hybridized carbons (Fsp3) is 0.143. The van der Waals surface area contributed by atoms with Gasteiger partial charge in [-0.3, -0.25) is 14.3 Å².